The van der Waals surface area contributed by atoms with Gasteiger partial charge in [0.25, 0.3) is 5.91 Å². The van der Waals surface area contributed by atoms with Crippen molar-refractivity contribution in [3.8, 4) is 22.9 Å². The van der Waals surface area contributed by atoms with Crippen LogP contribution in [0.4, 0.5) is 0 Å². The van der Waals surface area contributed by atoms with E-state index in [1.165, 1.54) is 24.0 Å². The molecule has 1 heterocycles. The van der Waals surface area contributed by atoms with Crippen LogP contribution >= 0.6 is 27.7 Å². The molecular weight excluding hydrogens is 506 g/mol. The number of allylic oxidation sites excluding steroid dienone is 1. The quantitative estimate of drug-likeness (QED) is 0.172. The summed E-state index contributed by atoms with van der Waals surface area (Å²) < 4.78 is 8.26. The molecule has 3 aromatic rings. The summed E-state index contributed by atoms with van der Waals surface area (Å²) >= 11 is 4.71. The van der Waals surface area contributed by atoms with Crippen molar-refractivity contribution in [1.29, 1.82) is 0 Å². The van der Waals surface area contributed by atoms with Gasteiger partial charge in [0, 0.05) is 16.6 Å². The van der Waals surface area contributed by atoms with Crippen molar-refractivity contribution in [3.63, 3.8) is 0 Å². The van der Waals surface area contributed by atoms with Crippen molar-refractivity contribution in [2.75, 3.05) is 12.4 Å². The highest BCUT2D eigenvalue weighted by Gasteiger charge is 2.16. The third kappa shape index (κ3) is 6.93. The van der Waals surface area contributed by atoms with Gasteiger partial charge in [-0.15, -0.1) is 10.2 Å². The van der Waals surface area contributed by atoms with E-state index < -0.39 is 0 Å². The molecule has 3 rings (SSSR count). The fourth-order valence-corrected chi connectivity index (χ4v) is 3.84. The van der Waals surface area contributed by atoms with E-state index in [2.05, 4.69) is 43.2 Å². The molecule has 0 saturated carbocycles. The molecular formula is C23H24BrN5O3S. The summed E-state index contributed by atoms with van der Waals surface area (Å²) in [5.74, 6) is 0.961. The van der Waals surface area contributed by atoms with Gasteiger partial charge in [-0.25, -0.2) is 5.43 Å². The Hall–Kier alpha value is -3.11. The third-order valence-corrected chi connectivity index (χ3v) is 5.76. The molecule has 0 radical (unpaired) electrons. The summed E-state index contributed by atoms with van der Waals surface area (Å²) in [6, 6.07) is 12.6. The van der Waals surface area contributed by atoms with Crippen LogP contribution in [-0.2, 0) is 11.3 Å². The van der Waals surface area contributed by atoms with Crippen molar-refractivity contribution in [1.82, 2.24) is 20.2 Å². The second-order valence-corrected chi connectivity index (χ2v) is 8.96. The molecule has 0 atom stereocenters. The van der Waals surface area contributed by atoms with Crippen molar-refractivity contribution in [3.05, 3.63) is 64.7 Å². The molecule has 0 spiro atoms. The first kappa shape index (κ1) is 24.5. The van der Waals surface area contributed by atoms with Crippen LogP contribution in [0.25, 0.3) is 11.4 Å². The molecule has 0 aliphatic rings. The van der Waals surface area contributed by atoms with E-state index >= 15 is 0 Å². The van der Waals surface area contributed by atoms with Gasteiger partial charge < -0.3 is 9.84 Å². The average Bonchev–Trinajstić information content (AvgIpc) is 3.17. The van der Waals surface area contributed by atoms with Crippen LogP contribution in [0.1, 0.15) is 19.4 Å². The number of halogens is 1. The molecule has 0 aliphatic heterocycles. The molecule has 0 aliphatic carbocycles. The van der Waals surface area contributed by atoms with E-state index in [-0.39, 0.29) is 17.4 Å². The van der Waals surface area contributed by atoms with Crippen LogP contribution in [0.2, 0.25) is 0 Å². The number of hydrogen-bond donors (Lipinski definition) is 2. The van der Waals surface area contributed by atoms with Crippen LogP contribution in [0.5, 0.6) is 11.5 Å². The minimum Gasteiger partial charge on any atom is -0.504 e. The lowest BCUT2D eigenvalue weighted by Gasteiger charge is -2.10. The van der Waals surface area contributed by atoms with E-state index in [9.17, 15) is 9.90 Å². The van der Waals surface area contributed by atoms with Gasteiger partial charge in [-0.05, 0) is 49.7 Å². The predicted molar refractivity (Wildman–Crippen MR) is 134 cm³/mol. The molecule has 33 heavy (non-hydrogen) atoms. The number of amides is 1. The maximum atomic E-state index is 12.3. The van der Waals surface area contributed by atoms with Crippen LogP contribution in [0.3, 0.4) is 0 Å². The highest BCUT2D eigenvalue weighted by atomic mass is 79.9. The molecule has 1 amide bonds. The predicted octanol–water partition coefficient (Wildman–Crippen LogP) is 4.63. The summed E-state index contributed by atoms with van der Waals surface area (Å²) in [4.78, 5) is 12.3. The number of nitrogens with one attached hydrogen (secondary N) is 1. The topological polar surface area (TPSA) is 102 Å². The van der Waals surface area contributed by atoms with Crippen LogP contribution in [0, 0.1) is 0 Å². The maximum Gasteiger partial charge on any atom is 0.250 e. The molecule has 1 aromatic heterocycles. The smallest absolute Gasteiger partial charge is 0.250 e. The lowest BCUT2D eigenvalue weighted by Crippen LogP contribution is -2.20. The molecule has 172 valence electrons. The number of hydrazone groups is 1. The zero-order chi connectivity index (χ0) is 23.8. The van der Waals surface area contributed by atoms with Crippen molar-refractivity contribution in [2.24, 2.45) is 5.10 Å². The monoisotopic (exact) mass is 529 g/mol. The maximum absolute atomic E-state index is 12.3. The Labute approximate surface area is 204 Å². The number of hydrogen-bond acceptors (Lipinski definition) is 7. The zero-order valence-corrected chi connectivity index (χ0v) is 20.7. The first-order valence-corrected chi connectivity index (χ1v) is 11.9. The van der Waals surface area contributed by atoms with Crippen molar-refractivity contribution in [2.45, 2.75) is 25.5 Å². The van der Waals surface area contributed by atoms with Crippen molar-refractivity contribution >= 4 is 39.8 Å². The second-order valence-electron chi connectivity index (χ2n) is 7.10. The summed E-state index contributed by atoms with van der Waals surface area (Å²) in [6.45, 7) is 8.73. The van der Waals surface area contributed by atoms with Gasteiger partial charge >= 0.3 is 0 Å². The number of nitrogens with zero attached hydrogens (tertiary/aromatic N) is 4. The Bertz CT molecular complexity index is 1160. The minimum atomic E-state index is -0.282. The number of phenols is 1. The van der Waals surface area contributed by atoms with Gasteiger partial charge in [-0.1, -0.05) is 52.0 Å². The van der Waals surface area contributed by atoms with Gasteiger partial charge in [0.15, 0.2) is 22.5 Å². The molecule has 2 N–H and O–H groups in total. The second kappa shape index (κ2) is 11.7. The summed E-state index contributed by atoms with van der Waals surface area (Å²) in [6.07, 6.45) is 1.49. The Balaban J connectivity index is 1.64. The van der Waals surface area contributed by atoms with Gasteiger partial charge in [0.05, 0.1) is 18.6 Å². The average molecular weight is 530 g/mol. The molecule has 2 aromatic carbocycles. The van der Waals surface area contributed by atoms with E-state index in [1.807, 2.05) is 42.7 Å². The van der Waals surface area contributed by atoms with E-state index in [0.717, 1.165) is 15.6 Å². The SMILES string of the molecule is C=C(C)Cn1c(SCC(=O)NN=Cc2ccc(O)c(OCC)c2)nnc1-c1ccc(Br)cc1. The molecule has 0 bridgehead atoms. The first-order chi connectivity index (χ1) is 15.9. The largest absolute Gasteiger partial charge is 0.504 e. The number of thioether (sulfide) groups is 1. The lowest BCUT2D eigenvalue weighted by atomic mass is 10.2. The summed E-state index contributed by atoms with van der Waals surface area (Å²) in [7, 11) is 0. The van der Waals surface area contributed by atoms with Crippen LogP contribution in [0.15, 0.2) is 69.3 Å². The number of aromatic hydroxyl groups is 1. The Morgan fingerprint density at radius 2 is 2.06 bits per heavy atom. The first-order valence-electron chi connectivity index (χ1n) is 10.1. The van der Waals surface area contributed by atoms with E-state index in [0.29, 0.717) is 35.4 Å². The molecule has 0 fully saturated rings. The fraction of sp³-hybridized carbons (Fsp3) is 0.217. The molecule has 0 unspecified atom stereocenters. The van der Waals surface area contributed by atoms with Gasteiger partial charge in [0.2, 0.25) is 0 Å². The normalized spacial score (nSPS) is 11.0. The van der Waals surface area contributed by atoms with Crippen molar-refractivity contribution < 1.29 is 14.6 Å². The Morgan fingerprint density at radius 1 is 1.30 bits per heavy atom. The summed E-state index contributed by atoms with van der Waals surface area (Å²) in [5, 5.41) is 23.0. The number of phenolic OH excluding ortho intramolecular Hbond substituents is 1. The lowest BCUT2D eigenvalue weighted by molar-refractivity contribution is -0.118. The van der Waals surface area contributed by atoms with Gasteiger partial charge in [-0.3, -0.25) is 9.36 Å². The number of carbonyl (C=O) groups excluding carboxylic acids is 1. The fourth-order valence-electron chi connectivity index (χ4n) is 2.84. The third-order valence-electron chi connectivity index (χ3n) is 4.27. The number of aromatic nitrogens is 3. The highest BCUT2D eigenvalue weighted by Crippen LogP contribution is 2.27. The molecule has 10 heteroatoms. The van der Waals surface area contributed by atoms with Gasteiger partial charge in [-0.2, -0.15) is 5.10 Å². The zero-order valence-electron chi connectivity index (χ0n) is 18.3. The standard InChI is InChI=1S/C23H24BrN5O3S/c1-4-32-20-11-16(5-10-19(20)30)12-25-26-21(31)14-33-23-28-27-22(29(23)13-15(2)3)17-6-8-18(24)9-7-17/h5-12,30H,2,4,13-14H2,1,3H3,(H,26,31). The van der Waals surface area contributed by atoms with Gasteiger partial charge in [0.1, 0.15) is 0 Å². The molecule has 8 nitrogen and oxygen atoms in total. The highest BCUT2D eigenvalue weighted by molar-refractivity contribution is 9.10. The number of carbonyl (C=O) groups is 1. The molecule has 0 saturated heterocycles. The van der Waals surface area contributed by atoms with E-state index in [1.54, 1.807) is 12.1 Å². The number of rotatable bonds is 10. The minimum absolute atomic E-state index is 0.0517. The number of ether oxygens (including phenoxy) is 1. The van der Waals surface area contributed by atoms with E-state index in [4.69, 9.17) is 4.74 Å². The Morgan fingerprint density at radius 3 is 2.76 bits per heavy atom. The summed E-state index contributed by atoms with van der Waals surface area (Å²) in [5.41, 5.74) is 5.06. The van der Waals surface area contributed by atoms with Crippen LogP contribution in [-0.4, -0.2) is 44.4 Å². The Kier molecular flexibility index (Phi) is 8.67. The van der Waals surface area contributed by atoms with Crippen LogP contribution < -0.4 is 10.2 Å². The number of benzene rings is 2.